The van der Waals surface area contributed by atoms with Crippen LogP contribution in [-0.2, 0) is 4.74 Å². The first-order chi connectivity index (χ1) is 8.14. The summed E-state index contributed by atoms with van der Waals surface area (Å²) in [6, 6.07) is 1.53. The van der Waals surface area contributed by atoms with Crippen molar-refractivity contribution in [3.63, 3.8) is 0 Å². The van der Waals surface area contributed by atoms with Gasteiger partial charge in [-0.05, 0) is 52.0 Å². The smallest absolute Gasteiger partial charge is 0.0641 e. The van der Waals surface area contributed by atoms with Crippen molar-refractivity contribution >= 4 is 0 Å². The van der Waals surface area contributed by atoms with Gasteiger partial charge in [-0.1, -0.05) is 0 Å². The van der Waals surface area contributed by atoms with Gasteiger partial charge in [0.2, 0.25) is 0 Å². The predicted molar refractivity (Wildman–Crippen MR) is 69.1 cm³/mol. The normalized spacial score (nSPS) is 42.4. The van der Waals surface area contributed by atoms with Gasteiger partial charge in [-0.25, -0.2) is 0 Å². The first-order valence-electron chi connectivity index (χ1n) is 7.25. The van der Waals surface area contributed by atoms with Gasteiger partial charge in [-0.3, -0.25) is 4.90 Å². The molecule has 1 N–H and O–H groups in total. The van der Waals surface area contributed by atoms with E-state index in [4.69, 9.17) is 4.74 Å². The van der Waals surface area contributed by atoms with E-state index in [0.29, 0.717) is 0 Å². The van der Waals surface area contributed by atoms with Crippen LogP contribution in [0.2, 0.25) is 0 Å². The number of hydrogen-bond donors (Lipinski definition) is 1. The minimum absolute atomic E-state index is 0.0874. The molecule has 0 aromatic rings. The molecule has 3 rings (SSSR count). The molecule has 0 aromatic heterocycles. The Morgan fingerprint density at radius 2 is 2.12 bits per heavy atom. The lowest BCUT2D eigenvalue weighted by atomic mass is 9.93. The molecule has 3 fully saturated rings. The second-order valence-corrected chi connectivity index (χ2v) is 6.67. The average Bonchev–Trinajstić information content (AvgIpc) is 2.71. The van der Waals surface area contributed by atoms with E-state index >= 15 is 0 Å². The summed E-state index contributed by atoms with van der Waals surface area (Å²) in [6.07, 6.45) is 5.23. The van der Waals surface area contributed by atoms with Crippen molar-refractivity contribution in [2.45, 2.75) is 57.2 Å². The quantitative estimate of drug-likeness (QED) is 0.751. The van der Waals surface area contributed by atoms with Crippen molar-refractivity contribution in [1.29, 1.82) is 0 Å². The minimum atomic E-state index is 0.0874. The Morgan fingerprint density at radius 1 is 1.24 bits per heavy atom. The Kier molecular flexibility index (Phi) is 3.18. The predicted octanol–water partition coefficient (Wildman–Crippen LogP) is 1.63. The van der Waals surface area contributed by atoms with Gasteiger partial charge in [0.05, 0.1) is 5.60 Å². The van der Waals surface area contributed by atoms with E-state index in [-0.39, 0.29) is 5.60 Å². The third kappa shape index (κ3) is 2.51. The van der Waals surface area contributed by atoms with Gasteiger partial charge in [0.15, 0.2) is 0 Å². The fourth-order valence-electron chi connectivity index (χ4n) is 3.89. The first kappa shape index (κ1) is 11.9. The van der Waals surface area contributed by atoms with Crippen LogP contribution in [0.15, 0.2) is 0 Å². The average molecular weight is 238 g/mol. The molecule has 0 radical (unpaired) electrons. The Hall–Kier alpha value is -0.120. The molecule has 3 unspecified atom stereocenters. The highest BCUT2D eigenvalue weighted by atomic mass is 16.5. The second kappa shape index (κ2) is 4.52. The number of rotatable bonds is 1. The summed E-state index contributed by atoms with van der Waals surface area (Å²) < 4.78 is 5.83. The fraction of sp³-hybridized carbons (Fsp3) is 1.00. The van der Waals surface area contributed by atoms with Gasteiger partial charge in [-0.2, -0.15) is 0 Å². The third-order valence-electron chi connectivity index (χ3n) is 4.81. The summed E-state index contributed by atoms with van der Waals surface area (Å²) in [4.78, 5) is 2.73. The van der Waals surface area contributed by atoms with Gasteiger partial charge in [0.1, 0.15) is 0 Å². The number of piperidine rings is 1. The van der Waals surface area contributed by atoms with Crippen molar-refractivity contribution in [1.82, 2.24) is 10.2 Å². The topological polar surface area (TPSA) is 24.5 Å². The molecule has 0 spiro atoms. The van der Waals surface area contributed by atoms with Gasteiger partial charge in [0, 0.05) is 31.8 Å². The highest BCUT2D eigenvalue weighted by Crippen LogP contribution is 2.32. The molecule has 3 aliphatic rings. The number of fused-ring (bicyclic) bond motifs is 1. The summed E-state index contributed by atoms with van der Waals surface area (Å²) in [5.74, 6) is 0.912. The molecule has 0 bridgehead atoms. The molecule has 3 heterocycles. The fourth-order valence-corrected chi connectivity index (χ4v) is 3.89. The number of likely N-dealkylation sites (tertiary alicyclic amines) is 1. The number of ether oxygens (including phenoxy) is 1. The maximum atomic E-state index is 5.83. The molecule has 3 heteroatoms. The van der Waals surface area contributed by atoms with Crippen LogP contribution < -0.4 is 5.32 Å². The van der Waals surface area contributed by atoms with Crippen LogP contribution in [0, 0.1) is 5.92 Å². The van der Waals surface area contributed by atoms with Gasteiger partial charge in [-0.15, -0.1) is 0 Å². The molecule has 0 saturated carbocycles. The van der Waals surface area contributed by atoms with E-state index in [1.807, 2.05) is 0 Å². The second-order valence-electron chi connectivity index (χ2n) is 6.67. The van der Waals surface area contributed by atoms with Gasteiger partial charge in [0.25, 0.3) is 0 Å². The van der Waals surface area contributed by atoms with Crippen molar-refractivity contribution in [2.75, 3.05) is 26.2 Å². The van der Waals surface area contributed by atoms with Crippen LogP contribution in [0.3, 0.4) is 0 Å². The van der Waals surface area contributed by atoms with Crippen LogP contribution >= 0.6 is 0 Å². The van der Waals surface area contributed by atoms with Crippen LogP contribution in [-0.4, -0.2) is 48.8 Å². The molecule has 3 aliphatic heterocycles. The number of nitrogens with one attached hydrogen (secondary N) is 1. The molecule has 3 saturated heterocycles. The maximum absolute atomic E-state index is 5.83. The molecular weight excluding hydrogens is 212 g/mol. The van der Waals surface area contributed by atoms with Crippen LogP contribution in [0.25, 0.3) is 0 Å². The monoisotopic (exact) mass is 238 g/mol. The van der Waals surface area contributed by atoms with Gasteiger partial charge < -0.3 is 10.1 Å². The molecule has 98 valence electrons. The van der Waals surface area contributed by atoms with E-state index in [1.54, 1.807) is 0 Å². The summed E-state index contributed by atoms with van der Waals surface area (Å²) in [5, 5.41) is 3.70. The summed E-state index contributed by atoms with van der Waals surface area (Å²) in [7, 11) is 0. The lowest BCUT2D eigenvalue weighted by Gasteiger charge is -2.40. The van der Waals surface area contributed by atoms with E-state index in [1.165, 1.54) is 45.3 Å². The van der Waals surface area contributed by atoms with Crippen molar-refractivity contribution < 1.29 is 4.74 Å². The lowest BCUT2D eigenvalue weighted by Crippen LogP contribution is -2.46. The minimum Gasteiger partial charge on any atom is -0.375 e. The summed E-state index contributed by atoms with van der Waals surface area (Å²) in [6.45, 7) is 9.23. The number of nitrogens with zero attached hydrogens (tertiary/aromatic N) is 1. The largest absolute Gasteiger partial charge is 0.375 e. The molecule has 0 aliphatic carbocycles. The van der Waals surface area contributed by atoms with E-state index in [9.17, 15) is 0 Å². The van der Waals surface area contributed by atoms with Crippen molar-refractivity contribution in [3.05, 3.63) is 0 Å². The lowest BCUT2D eigenvalue weighted by molar-refractivity contribution is -0.0807. The highest BCUT2D eigenvalue weighted by Gasteiger charge is 2.40. The SMILES string of the molecule is CC1(C)CC(N2CC3CCCNC3C2)CCO1. The zero-order chi connectivity index (χ0) is 11.9. The molecule has 17 heavy (non-hydrogen) atoms. The third-order valence-corrected chi connectivity index (χ3v) is 4.81. The Labute approximate surface area is 105 Å². The zero-order valence-electron chi connectivity index (χ0n) is 11.2. The highest BCUT2D eigenvalue weighted by molar-refractivity contribution is 4.96. The zero-order valence-corrected chi connectivity index (χ0v) is 11.2. The standard InChI is InChI=1S/C14H26N2O/c1-14(2)8-12(5-7-17-14)16-9-11-4-3-6-15-13(11)10-16/h11-13,15H,3-10H2,1-2H3. The van der Waals surface area contributed by atoms with Crippen LogP contribution in [0.4, 0.5) is 0 Å². The maximum Gasteiger partial charge on any atom is 0.0641 e. The first-order valence-corrected chi connectivity index (χ1v) is 7.25. The summed E-state index contributed by atoms with van der Waals surface area (Å²) in [5.41, 5.74) is 0.0874. The Balaban J connectivity index is 1.61. The molecule has 0 amide bonds. The van der Waals surface area contributed by atoms with E-state index in [0.717, 1.165) is 24.6 Å². The Morgan fingerprint density at radius 3 is 2.88 bits per heavy atom. The molecule has 3 atom stereocenters. The molecule has 3 nitrogen and oxygen atoms in total. The number of hydrogen-bond acceptors (Lipinski definition) is 3. The van der Waals surface area contributed by atoms with Crippen LogP contribution in [0.1, 0.15) is 39.5 Å². The van der Waals surface area contributed by atoms with E-state index in [2.05, 4.69) is 24.1 Å². The van der Waals surface area contributed by atoms with Crippen molar-refractivity contribution in [3.8, 4) is 0 Å². The Bertz CT molecular complexity index is 265. The van der Waals surface area contributed by atoms with E-state index < -0.39 is 0 Å². The summed E-state index contributed by atoms with van der Waals surface area (Å²) >= 11 is 0. The molecule has 0 aromatic carbocycles. The van der Waals surface area contributed by atoms with Crippen LogP contribution in [0.5, 0.6) is 0 Å². The van der Waals surface area contributed by atoms with Crippen molar-refractivity contribution in [2.24, 2.45) is 5.92 Å². The molecular formula is C14H26N2O. The van der Waals surface area contributed by atoms with Gasteiger partial charge >= 0.3 is 0 Å².